The number of carbonyl (C=O) groups is 1. The molecule has 5 nitrogen and oxygen atoms in total. The smallest absolute Gasteiger partial charge is 0.303 e. The van der Waals surface area contributed by atoms with Gasteiger partial charge in [-0.05, 0) is 61.5 Å². The molecule has 7 fully saturated rings. The molecule has 0 radical (unpaired) electrons. The van der Waals surface area contributed by atoms with Crippen LogP contribution in [0.1, 0.15) is 52.9 Å². The number of hydrogen-bond donors (Lipinski definition) is 2. The van der Waals surface area contributed by atoms with Gasteiger partial charge in [-0.3, -0.25) is 9.69 Å². The molecule has 6 aliphatic carbocycles. The van der Waals surface area contributed by atoms with E-state index >= 15 is 0 Å². The fourth-order valence-electron chi connectivity index (χ4n) is 10.3. The lowest BCUT2D eigenvalue weighted by Crippen LogP contribution is -2.72. The van der Waals surface area contributed by atoms with Gasteiger partial charge >= 0.3 is 5.97 Å². The molecule has 7 bridgehead atoms. The number of carbonyl (C=O) groups excluding carboxylic acids is 1. The summed E-state index contributed by atoms with van der Waals surface area (Å²) in [7, 11) is 0. The second-order valence-corrected chi connectivity index (χ2v) is 11.4. The first kappa shape index (κ1) is 18.8. The van der Waals surface area contributed by atoms with Gasteiger partial charge in [0.05, 0.1) is 12.2 Å². The standard InChI is InChI=1S/C24H35NO4/c1-5-25-11-22(4)8-7-17(27)24-16(22)10-15(20(24)25)23-9-6-14(18(28)19(23)24)12(2)21(23)29-13(3)26/h14-21,27-28H,2,5-11H2,1,3-4H3/t14-,15?,16-,17+,18+,19-,20?,21-,22+,23+,24-/m1/s1. The zero-order chi connectivity index (χ0) is 20.5. The van der Waals surface area contributed by atoms with Crippen LogP contribution in [-0.4, -0.2) is 58.5 Å². The number of aliphatic hydroxyl groups excluding tert-OH is 2. The maximum Gasteiger partial charge on any atom is 0.303 e. The van der Waals surface area contributed by atoms with E-state index in [1.165, 1.54) is 6.92 Å². The number of ether oxygens (including phenoxy) is 1. The van der Waals surface area contributed by atoms with Gasteiger partial charge < -0.3 is 14.9 Å². The molecule has 6 saturated carbocycles. The Hall–Kier alpha value is -0.910. The van der Waals surface area contributed by atoms with Crippen molar-refractivity contribution in [3.05, 3.63) is 12.2 Å². The van der Waals surface area contributed by atoms with Crippen molar-refractivity contribution < 1.29 is 19.7 Å². The van der Waals surface area contributed by atoms with Gasteiger partial charge in [-0.15, -0.1) is 0 Å². The maximum atomic E-state index is 12.1. The van der Waals surface area contributed by atoms with E-state index in [4.69, 9.17) is 4.74 Å². The van der Waals surface area contributed by atoms with Crippen molar-refractivity contribution in [2.45, 2.75) is 77.2 Å². The first-order valence-electron chi connectivity index (χ1n) is 11.7. The molecule has 0 aromatic carbocycles. The zero-order valence-electron chi connectivity index (χ0n) is 17.9. The Bertz CT molecular complexity index is 798. The molecule has 1 heterocycles. The number of likely N-dealkylation sites (tertiary alicyclic amines) is 1. The van der Waals surface area contributed by atoms with Gasteiger partial charge in [0.15, 0.2) is 0 Å². The minimum absolute atomic E-state index is 0.00123. The molecule has 160 valence electrons. The third-order valence-electron chi connectivity index (χ3n) is 10.8. The molecule has 2 spiro atoms. The molecule has 2 N–H and O–H groups in total. The topological polar surface area (TPSA) is 70.0 Å². The molecular weight excluding hydrogens is 366 g/mol. The number of rotatable bonds is 2. The monoisotopic (exact) mass is 401 g/mol. The summed E-state index contributed by atoms with van der Waals surface area (Å²) >= 11 is 0. The van der Waals surface area contributed by atoms with Crippen LogP contribution in [0.2, 0.25) is 0 Å². The molecule has 0 aromatic rings. The van der Waals surface area contributed by atoms with Crippen LogP contribution < -0.4 is 0 Å². The van der Waals surface area contributed by atoms with Gasteiger partial charge in [0.25, 0.3) is 0 Å². The number of piperidine rings is 1. The highest BCUT2D eigenvalue weighted by Crippen LogP contribution is 2.83. The third kappa shape index (κ3) is 1.77. The maximum absolute atomic E-state index is 12.1. The first-order valence-corrected chi connectivity index (χ1v) is 11.7. The summed E-state index contributed by atoms with van der Waals surface area (Å²) in [6.45, 7) is 12.6. The Morgan fingerprint density at radius 3 is 2.76 bits per heavy atom. The van der Waals surface area contributed by atoms with Gasteiger partial charge in [0.2, 0.25) is 0 Å². The van der Waals surface area contributed by atoms with Crippen LogP contribution in [0.3, 0.4) is 0 Å². The summed E-state index contributed by atoms with van der Waals surface area (Å²) in [6, 6.07) is 0.281. The van der Waals surface area contributed by atoms with Crippen molar-refractivity contribution in [3.8, 4) is 0 Å². The molecule has 7 rings (SSSR count). The highest BCUT2D eigenvalue weighted by atomic mass is 16.5. The van der Waals surface area contributed by atoms with E-state index < -0.39 is 6.10 Å². The van der Waals surface area contributed by atoms with Gasteiger partial charge in [-0.1, -0.05) is 20.4 Å². The van der Waals surface area contributed by atoms with Crippen molar-refractivity contribution >= 4 is 5.97 Å². The van der Waals surface area contributed by atoms with Crippen molar-refractivity contribution in [1.82, 2.24) is 4.90 Å². The Kier molecular flexibility index (Phi) is 3.55. The molecule has 2 unspecified atom stereocenters. The van der Waals surface area contributed by atoms with E-state index in [0.717, 1.165) is 50.8 Å². The summed E-state index contributed by atoms with van der Waals surface area (Å²) in [5.74, 6) is 0.532. The highest BCUT2D eigenvalue weighted by molar-refractivity contribution is 5.67. The summed E-state index contributed by atoms with van der Waals surface area (Å²) in [5.41, 5.74) is 0.578. The van der Waals surface area contributed by atoms with Gasteiger partial charge in [-0.2, -0.15) is 0 Å². The number of hydrogen-bond acceptors (Lipinski definition) is 5. The van der Waals surface area contributed by atoms with Crippen LogP contribution in [0.4, 0.5) is 0 Å². The fourth-order valence-corrected chi connectivity index (χ4v) is 10.3. The van der Waals surface area contributed by atoms with E-state index in [2.05, 4.69) is 25.3 Å². The summed E-state index contributed by atoms with van der Waals surface area (Å²) < 4.78 is 6.01. The first-order chi connectivity index (χ1) is 13.7. The predicted octanol–water partition coefficient (Wildman–Crippen LogP) is 2.36. The fraction of sp³-hybridized carbons (Fsp3) is 0.875. The normalized spacial score (nSPS) is 59.7. The number of nitrogens with zero attached hydrogens (tertiary/aromatic N) is 1. The summed E-state index contributed by atoms with van der Waals surface area (Å²) in [4.78, 5) is 14.7. The number of fused-ring (bicyclic) bond motifs is 2. The third-order valence-corrected chi connectivity index (χ3v) is 10.8. The Morgan fingerprint density at radius 2 is 2.07 bits per heavy atom. The Morgan fingerprint density at radius 1 is 1.31 bits per heavy atom. The molecule has 11 atom stereocenters. The van der Waals surface area contributed by atoms with Gasteiger partial charge in [-0.25, -0.2) is 0 Å². The van der Waals surface area contributed by atoms with Crippen LogP contribution >= 0.6 is 0 Å². The average Bonchev–Trinajstić information content (AvgIpc) is 3.11. The van der Waals surface area contributed by atoms with Crippen LogP contribution in [-0.2, 0) is 9.53 Å². The zero-order valence-corrected chi connectivity index (χ0v) is 17.9. The summed E-state index contributed by atoms with van der Waals surface area (Å²) in [5, 5.41) is 23.4. The lowest BCUT2D eigenvalue weighted by atomic mass is 9.38. The van der Waals surface area contributed by atoms with Crippen molar-refractivity contribution in [1.29, 1.82) is 0 Å². The lowest BCUT2D eigenvalue weighted by Gasteiger charge is -2.69. The van der Waals surface area contributed by atoms with Gasteiger partial charge in [0.1, 0.15) is 6.10 Å². The molecule has 0 aromatic heterocycles. The molecule has 1 aliphatic heterocycles. The molecule has 29 heavy (non-hydrogen) atoms. The van der Waals surface area contributed by atoms with Crippen molar-refractivity contribution in [3.63, 3.8) is 0 Å². The molecule has 1 saturated heterocycles. The van der Waals surface area contributed by atoms with E-state index in [1.54, 1.807) is 0 Å². The van der Waals surface area contributed by atoms with Crippen LogP contribution in [0.25, 0.3) is 0 Å². The molecular formula is C24H35NO4. The quantitative estimate of drug-likeness (QED) is 0.549. The van der Waals surface area contributed by atoms with Gasteiger partial charge in [0, 0.05) is 42.2 Å². The summed E-state index contributed by atoms with van der Waals surface area (Å²) in [6.07, 6.45) is 3.73. The largest absolute Gasteiger partial charge is 0.457 e. The lowest BCUT2D eigenvalue weighted by molar-refractivity contribution is -0.259. The van der Waals surface area contributed by atoms with Crippen LogP contribution in [0.15, 0.2) is 12.2 Å². The average molecular weight is 402 g/mol. The second-order valence-electron chi connectivity index (χ2n) is 11.4. The molecule has 0 amide bonds. The molecule has 5 heteroatoms. The number of aliphatic hydroxyl groups is 2. The second kappa shape index (κ2) is 5.46. The predicted molar refractivity (Wildman–Crippen MR) is 108 cm³/mol. The minimum Gasteiger partial charge on any atom is -0.457 e. The van der Waals surface area contributed by atoms with Crippen LogP contribution in [0.5, 0.6) is 0 Å². The molecule has 7 aliphatic rings. The van der Waals surface area contributed by atoms with Crippen LogP contribution in [0, 0.1) is 39.9 Å². The van der Waals surface area contributed by atoms with Crippen molar-refractivity contribution in [2.24, 2.45) is 39.9 Å². The van der Waals surface area contributed by atoms with E-state index in [0.29, 0.717) is 11.8 Å². The van der Waals surface area contributed by atoms with E-state index in [1.807, 2.05) is 0 Å². The van der Waals surface area contributed by atoms with E-state index in [-0.39, 0.29) is 52.3 Å². The Balaban J connectivity index is 1.60. The minimum atomic E-state index is -0.479. The SMILES string of the molecule is C=C1[C@H]2CC[C@@]3(C4C[C@@H]5[C@@]6(C)CC[C@H](O)[C@@]5(C4N(CC)C6)[C@@H]3[C@H]2O)[C@@H]1OC(C)=O. The number of esters is 1. The van der Waals surface area contributed by atoms with E-state index in [9.17, 15) is 15.0 Å². The highest BCUT2D eigenvalue weighted by Gasteiger charge is 2.86. The van der Waals surface area contributed by atoms with Crippen molar-refractivity contribution in [2.75, 3.05) is 13.1 Å². The Labute approximate surface area is 173 Å².